The molecule has 0 atom stereocenters. The zero-order chi connectivity index (χ0) is 19.4. The number of methoxy groups -OCH3 is 3. The van der Waals surface area contributed by atoms with Crippen molar-refractivity contribution in [1.29, 1.82) is 0 Å². The number of anilines is 1. The second kappa shape index (κ2) is 7.99. The number of nitrogens with one attached hydrogen (secondary N) is 1. The molecule has 1 heterocycles. The van der Waals surface area contributed by atoms with Crippen LogP contribution in [0.3, 0.4) is 0 Å². The largest absolute Gasteiger partial charge is 0.493 e. The van der Waals surface area contributed by atoms with Gasteiger partial charge in [0.05, 0.1) is 21.3 Å². The number of ether oxygens (including phenoxy) is 3. The lowest BCUT2D eigenvalue weighted by atomic mass is 10.00. The number of nitrogens with zero attached hydrogens (tertiary/aromatic N) is 1. The number of fused-ring (bicyclic) bond motifs is 1. The van der Waals surface area contributed by atoms with Crippen LogP contribution in [0.4, 0.5) is 5.69 Å². The molecule has 0 bridgehead atoms. The Morgan fingerprint density at radius 1 is 0.963 bits per heavy atom. The first kappa shape index (κ1) is 18.6. The van der Waals surface area contributed by atoms with Gasteiger partial charge in [0.1, 0.15) is 0 Å². The van der Waals surface area contributed by atoms with Gasteiger partial charge in [-0.3, -0.25) is 9.59 Å². The van der Waals surface area contributed by atoms with Crippen LogP contribution in [0.25, 0.3) is 0 Å². The van der Waals surface area contributed by atoms with E-state index in [1.807, 2.05) is 24.3 Å². The molecular formula is C20H22N2O5. The highest BCUT2D eigenvalue weighted by Gasteiger charge is 2.26. The summed E-state index contributed by atoms with van der Waals surface area (Å²) in [4.78, 5) is 26.6. The third-order valence-corrected chi connectivity index (χ3v) is 4.53. The summed E-state index contributed by atoms with van der Waals surface area (Å²) in [6, 6.07) is 11.1. The van der Waals surface area contributed by atoms with Crippen molar-refractivity contribution in [3.8, 4) is 17.2 Å². The van der Waals surface area contributed by atoms with E-state index in [0.717, 1.165) is 12.0 Å². The minimum atomic E-state index is -0.705. The van der Waals surface area contributed by atoms with Gasteiger partial charge in [-0.1, -0.05) is 24.3 Å². The van der Waals surface area contributed by atoms with Crippen LogP contribution in [-0.2, 0) is 22.6 Å². The van der Waals surface area contributed by atoms with E-state index in [4.69, 9.17) is 14.2 Å². The molecule has 0 fully saturated rings. The number of carbonyl (C=O) groups is 2. The topological polar surface area (TPSA) is 77.1 Å². The van der Waals surface area contributed by atoms with Crippen LogP contribution in [0.15, 0.2) is 36.4 Å². The first-order valence-electron chi connectivity index (χ1n) is 8.54. The third kappa shape index (κ3) is 3.81. The van der Waals surface area contributed by atoms with E-state index < -0.39 is 11.8 Å². The molecule has 0 saturated heterocycles. The molecule has 7 nitrogen and oxygen atoms in total. The van der Waals surface area contributed by atoms with Crippen molar-refractivity contribution in [2.75, 3.05) is 33.2 Å². The summed E-state index contributed by atoms with van der Waals surface area (Å²) < 4.78 is 15.8. The molecule has 1 N–H and O–H groups in total. The van der Waals surface area contributed by atoms with Crippen LogP contribution in [0.1, 0.15) is 11.1 Å². The van der Waals surface area contributed by atoms with Crippen LogP contribution >= 0.6 is 0 Å². The summed E-state index contributed by atoms with van der Waals surface area (Å²) in [5, 5.41) is 2.62. The van der Waals surface area contributed by atoms with E-state index >= 15 is 0 Å². The Hall–Kier alpha value is -3.22. The number of benzene rings is 2. The number of amides is 2. The maximum atomic E-state index is 12.6. The van der Waals surface area contributed by atoms with Crippen LogP contribution in [0.5, 0.6) is 17.2 Å². The van der Waals surface area contributed by atoms with E-state index in [0.29, 0.717) is 36.0 Å². The molecule has 1 aliphatic heterocycles. The fourth-order valence-corrected chi connectivity index (χ4v) is 3.15. The average molecular weight is 370 g/mol. The Balaban J connectivity index is 1.75. The van der Waals surface area contributed by atoms with Gasteiger partial charge in [0.25, 0.3) is 0 Å². The molecule has 1 aliphatic rings. The second-order valence-electron chi connectivity index (χ2n) is 6.11. The Labute approximate surface area is 157 Å². The predicted octanol–water partition coefficient (Wildman–Crippen LogP) is 2.24. The van der Waals surface area contributed by atoms with Gasteiger partial charge < -0.3 is 24.4 Å². The van der Waals surface area contributed by atoms with Crippen molar-refractivity contribution in [2.24, 2.45) is 0 Å². The fraction of sp³-hybridized carbons (Fsp3) is 0.300. The third-order valence-electron chi connectivity index (χ3n) is 4.53. The smallest absolute Gasteiger partial charge is 0.313 e. The molecule has 0 aliphatic carbocycles. The van der Waals surface area contributed by atoms with E-state index in [-0.39, 0.29) is 0 Å². The number of carbonyl (C=O) groups excluding carboxylic acids is 2. The quantitative estimate of drug-likeness (QED) is 0.836. The Morgan fingerprint density at radius 3 is 2.19 bits per heavy atom. The molecule has 0 radical (unpaired) electrons. The zero-order valence-electron chi connectivity index (χ0n) is 15.6. The van der Waals surface area contributed by atoms with Crippen LogP contribution in [0, 0.1) is 0 Å². The van der Waals surface area contributed by atoms with Crippen molar-refractivity contribution < 1.29 is 23.8 Å². The van der Waals surface area contributed by atoms with Gasteiger partial charge in [-0.25, -0.2) is 0 Å². The number of hydrogen-bond donors (Lipinski definition) is 1. The van der Waals surface area contributed by atoms with Gasteiger partial charge in [-0.15, -0.1) is 0 Å². The molecule has 0 aromatic heterocycles. The second-order valence-corrected chi connectivity index (χ2v) is 6.11. The Bertz CT molecular complexity index is 840. The van der Waals surface area contributed by atoms with Crippen molar-refractivity contribution in [3.05, 3.63) is 47.5 Å². The highest BCUT2D eigenvalue weighted by molar-refractivity contribution is 6.39. The summed E-state index contributed by atoms with van der Waals surface area (Å²) in [5.41, 5.74) is 2.67. The SMILES string of the molecule is COc1cc(NC(=O)C(=O)N2CCc3ccccc3C2)cc(OC)c1OC. The van der Waals surface area contributed by atoms with Gasteiger partial charge in [-0.2, -0.15) is 0 Å². The summed E-state index contributed by atoms with van der Waals surface area (Å²) >= 11 is 0. The highest BCUT2D eigenvalue weighted by Crippen LogP contribution is 2.39. The molecular weight excluding hydrogens is 348 g/mol. The molecule has 0 saturated carbocycles. The van der Waals surface area contributed by atoms with Crippen molar-refractivity contribution >= 4 is 17.5 Å². The lowest BCUT2D eigenvalue weighted by Crippen LogP contribution is -2.42. The van der Waals surface area contributed by atoms with Gasteiger partial charge in [-0.05, 0) is 17.5 Å². The highest BCUT2D eigenvalue weighted by atomic mass is 16.5. The van der Waals surface area contributed by atoms with E-state index in [9.17, 15) is 9.59 Å². The average Bonchev–Trinajstić information content (AvgIpc) is 2.71. The van der Waals surface area contributed by atoms with Gasteiger partial charge in [0, 0.05) is 30.9 Å². The number of rotatable bonds is 4. The predicted molar refractivity (Wildman–Crippen MR) is 100 cm³/mol. The molecule has 3 rings (SSSR count). The van der Waals surface area contributed by atoms with Gasteiger partial charge in [0.2, 0.25) is 5.75 Å². The standard InChI is InChI=1S/C20H22N2O5/c1-25-16-10-15(11-17(26-2)18(16)27-3)21-19(23)20(24)22-9-8-13-6-4-5-7-14(13)12-22/h4-7,10-11H,8-9,12H2,1-3H3,(H,21,23). The van der Waals surface area contributed by atoms with Gasteiger partial charge >= 0.3 is 11.8 Å². The van der Waals surface area contributed by atoms with E-state index in [1.54, 1.807) is 17.0 Å². The maximum absolute atomic E-state index is 12.6. The molecule has 2 aromatic carbocycles. The zero-order valence-corrected chi connectivity index (χ0v) is 15.6. The first-order valence-corrected chi connectivity index (χ1v) is 8.54. The van der Waals surface area contributed by atoms with Crippen molar-refractivity contribution in [3.63, 3.8) is 0 Å². The minimum Gasteiger partial charge on any atom is -0.493 e. The van der Waals surface area contributed by atoms with E-state index in [1.165, 1.54) is 26.9 Å². The summed E-state index contributed by atoms with van der Waals surface area (Å²) in [6.07, 6.45) is 0.735. The van der Waals surface area contributed by atoms with Crippen LogP contribution in [0.2, 0.25) is 0 Å². The first-order chi connectivity index (χ1) is 13.1. The summed E-state index contributed by atoms with van der Waals surface area (Å²) in [7, 11) is 4.47. The maximum Gasteiger partial charge on any atom is 0.313 e. The molecule has 7 heteroatoms. The van der Waals surface area contributed by atoms with Crippen molar-refractivity contribution in [2.45, 2.75) is 13.0 Å². The van der Waals surface area contributed by atoms with Crippen LogP contribution < -0.4 is 19.5 Å². The molecule has 142 valence electrons. The summed E-state index contributed by atoms with van der Waals surface area (Å²) in [6.45, 7) is 0.941. The van der Waals surface area contributed by atoms with Gasteiger partial charge in [0.15, 0.2) is 11.5 Å². The molecule has 0 unspecified atom stereocenters. The monoisotopic (exact) mass is 370 g/mol. The minimum absolute atomic E-state index is 0.389. The molecule has 2 aromatic rings. The lowest BCUT2D eigenvalue weighted by molar-refractivity contribution is -0.143. The summed E-state index contributed by atoms with van der Waals surface area (Å²) in [5.74, 6) is -0.0723. The lowest BCUT2D eigenvalue weighted by Gasteiger charge is -2.28. The molecule has 2 amide bonds. The Morgan fingerprint density at radius 2 is 1.59 bits per heavy atom. The fourth-order valence-electron chi connectivity index (χ4n) is 3.15. The van der Waals surface area contributed by atoms with Crippen molar-refractivity contribution in [1.82, 2.24) is 4.90 Å². The Kier molecular flexibility index (Phi) is 5.49. The number of hydrogen-bond acceptors (Lipinski definition) is 5. The molecule has 27 heavy (non-hydrogen) atoms. The van der Waals surface area contributed by atoms with E-state index in [2.05, 4.69) is 5.32 Å². The van der Waals surface area contributed by atoms with Crippen LogP contribution in [-0.4, -0.2) is 44.6 Å². The molecule has 0 spiro atoms. The normalized spacial score (nSPS) is 12.8.